The molecule has 0 spiro atoms. The number of aromatic amines is 1. The average Bonchev–Trinajstić information content (AvgIpc) is 2.74. The number of rotatable bonds is 1. The summed E-state index contributed by atoms with van der Waals surface area (Å²) >= 11 is 0. The number of hydrogen-bond acceptors (Lipinski definition) is 2. The molecule has 3 nitrogen and oxygen atoms in total. The maximum Gasteiger partial charge on any atom is 0.135 e. The summed E-state index contributed by atoms with van der Waals surface area (Å²) in [7, 11) is 0.990. The zero-order valence-electron chi connectivity index (χ0n) is 9.49. The molecule has 1 unspecified atom stereocenters. The van der Waals surface area contributed by atoms with E-state index in [2.05, 4.69) is 16.0 Å². The maximum absolute atomic E-state index is 5.95. The molecule has 1 fully saturated rings. The highest BCUT2D eigenvalue weighted by molar-refractivity contribution is 6.14. The van der Waals surface area contributed by atoms with Crippen molar-refractivity contribution in [2.75, 3.05) is 6.61 Å². The Kier molecular flexibility index (Phi) is 2.33. The summed E-state index contributed by atoms with van der Waals surface area (Å²) < 4.78 is 5.95. The molecule has 2 heterocycles. The maximum atomic E-state index is 5.95. The topological polar surface area (TPSA) is 37.9 Å². The van der Waals surface area contributed by atoms with Crippen LogP contribution in [0.25, 0.3) is 11.0 Å². The van der Waals surface area contributed by atoms with E-state index in [4.69, 9.17) is 4.74 Å². The Hall–Kier alpha value is -1.13. The Morgan fingerprint density at radius 2 is 2.19 bits per heavy atom. The second-order valence-corrected chi connectivity index (χ2v) is 6.25. The van der Waals surface area contributed by atoms with Crippen molar-refractivity contribution in [1.29, 1.82) is 0 Å². The van der Waals surface area contributed by atoms with Gasteiger partial charge < -0.3 is 9.72 Å². The fourth-order valence-electron chi connectivity index (χ4n) is 2.32. The smallest absolute Gasteiger partial charge is 0.135 e. The predicted molar refractivity (Wildman–Crippen MR) is 67.5 cm³/mol. The van der Waals surface area contributed by atoms with Gasteiger partial charge in [0.05, 0.1) is 21.3 Å². The van der Waals surface area contributed by atoms with E-state index in [1.165, 1.54) is 12.8 Å². The van der Waals surface area contributed by atoms with Gasteiger partial charge in [0.15, 0.2) is 0 Å². The summed E-state index contributed by atoms with van der Waals surface area (Å²) in [5.41, 5.74) is 2.16. The number of aromatic nitrogens is 2. The van der Waals surface area contributed by atoms with E-state index in [0.29, 0.717) is 0 Å². The van der Waals surface area contributed by atoms with Crippen LogP contribution in [-0.2, 0) is 9.96 Å². The van der Waals surface area contributed by atoms with Crippen molar-refractivity contribution in [2.45, 2.75) is 24.5 Å². The Morgan fingerprint density at radius 3 is 2.94 bits per heavy atom. The first-order valence-electron chi connectivity index (χ1n) is 5.87. The van der Waals surface area contributed by atoms with Crippen LogP contribution in [0.2, 0.25) is 0 Å². The van der Waals surface area contributed by atoms with E-state index in [0.717, 1.165) is 40.1 Å². The largest absolute Gasteiger partial charge is 0.372 e. The number of H-pyrrole nitrogens is 1. The minimum atomic E-state index is -0.0860. The summed E-state index contributed by atoms with van der Waals surface area (Å²) in [6.45, 7) is 0.876. The number of imidazole rings is 1. The Bertz CT molecular complexity index is 469. The summed E-state index contributed by atoms with van der Waals surface area (Å²) in [5.74, 6) is 1.03. The molecule has 16 heavy (non-hydrogen) atoms. The molecular weight excluding hydrogens is 216 g/mol. The molecule has 0 saturated carbocycles. The van der Waals surface area contributed by atoms with Gasteiger partial charge in [-0.25, -0.2) is 4.98 Å². The van der Waals surface area contributed by atoms with Crippen LogP contribution in [0.5, 0.6) is 0 Å². The molecule has 0 aliphatic carbocycles. The molecule has 3 rings (SSSR count). The minimum absolute atomic E-state index is 0.0860. The lowest BCUT2D eigenvalue weighted by Gasteiger charge is -2.32. The van der Waals surface area contributed by atoms with Gasteiger partial charge in [-0.2, -0.15) is 0 Å². The molecule has 1 saturated heterocycles. The molecule has 1 atom stereocenters. The summed E-state index contributed by atoms with van der Waals surface area (Å²) in [6, 6.07) is 8.17. The zero-order valence-corrected chi connectivity index (χ0v) is 11.5. The molecule has 1 aromatic carbocycles. The van der Waals surface area contributed by atoms with Gasteiger partial charge in [-0.15, -0.1) is 0 Å². The number of fused-ring (bicyclic) bond motifs is 1. The van der Waals surface area contributed by atoms with Gasteiger partial charge in [-0.3, -0.25) is 0 Å². The van der Waals surface area contributed by atoms with Gasteiger partial charge in [0, 0.05) is 6.61 Å². The number of ether oxygens (including phenoxy) is 1. The molecule has 0 bridgehead atoms. The molecule has 1 N–H and O–H groups in total. The molecule has 84 valence electrons. The zero-order chi connectivity index (χ0) is 11.0. The molecule has 1 aliphatic heterocycles. The third kappa shape index (κ3) is 1.58. The third-order valence-corrected chi connectivity index (χ3v) is 4.62. The molecule has 0 amide bonds. The lowest BCUT2D eigenvalue weighted by molar-refractivity contribution is -0.0260. The number of hydrogen-bond donors (Lipinski definition) is 1. The number of nitrogens with zero attached hydrogens (tertiary/aromatic N) is 1. The van der Waals surface area contributed by atoms with E-state index < -0.39 is 0 Å². The van der Waals surface area contributed by atoms with Crippen molar-refractivity contribution in [3.63, 3.8) is 0 Å². The number of nitrogens with one attached hydrogen (secondary N) is 1. The van der Waals surface area contributed by atoms with Gasteiger partial charge in [0.1, 0.15) is 11.0 Å². The molecular formula is C12H16N2OSi. The van der Waals surface area contributed by atoms with E-state index in [1.807, 2.05) is 18.2 Å². The summed E-state index contributed by atoms with van der Waals surface area (Å²) in [5, 5.41) is -0.0860. The molecule has 2 aromatic rings. The SMILES string of the molecule is [SiH3]C1(c2nc3ccccc3[nH]2)CCCCO1. The Labute approximate surface area is 97.6 Å². The molecule has 0 radical (unpaired) electrons. The predicted octanol–water partition coefficient (Wildman–Crippen LogP) is 1.28. The normalized spacial score (nSPS) is 26.2. The first-order chi connectivity index (χ1) is 7.78. The second kappa shape index (κ2) is 3.71. The van der Waals surface area contributed by atoms with Gasteiger partial charge >= 0.3 is 0 Å². The molecule has 1 aromatic heterocycles. The summed E-state index contributed by atoms with van der Waals surface area (Å²) in [6.07, 6.45) is 3.55. The van der Waals surface area contributed by atoms with Crippen molar-refractivity contribution in [2.24, 2.45) is 0 Å². The monoisotopic (exact) mass is 232 g/mol. The van der Waals surface area contributed by atoms with E-state index in [9.17, 15) is 0 Å². The van der Waals surface area contributed by atoms with Crippen molar-refractivity contribution in [3.05, 3.63) is 30.1 Å². The van der Waals surface area contributed by atoms with Gasteiger partial charge in [0.2, 0.25) is 0 Å². The van der Waals surface area contributed by atoms with Crippen LogP contribution in [0.3, 0.4) is 0 Å². The van der Waals surface area contributed by atoms with Crippen LogP contribution in [-0.4, -0.2) is 26.8 Å². The third-order valence-electron chi connectivity index (χ3n) is 3.36. The van der Waals surface area contributed by atoms with Gasteiger partial charge in [0.25, 0.3) is 0 Å². The molecule has 1 aliphatic rings. The summed E-state index contributed by atoms with van der Waals surface area (Å²) in [4.78, 5) is 8.07. The quantitative estimate of drug-likeness (QED) is 0.752. The highest BCUT2D eigenvalue weighted by Gasteiger charge is 2.32. The standard InChI is InChI=1S/C12H16N2OSi/c16-12(7-3-4-8-15-12)11-13-9-5-1-2-6-10(9)14-11/h1-2,5-6H,3-4,7-8H2,16H3,(H,13,14). The van der Waals surface area contributed by atoms with E-state index >= 15 is 0 Å². The van der Waals surface area contributed by atoms with E-state index in [1.54, 1.807) is 0 Å². The second-order valence-electron chi connectivity index (χ2n) is 4.64. The van der Waals surface area contributed by atoms with E-state index in [-0.39, 0.29) is 5.22 Å². The number of benzene rings is 1. The van der Waals surface area contributed by atoms with Crippen LogP contribution in [0, 0.1) is 0 Å². The van der Waals surface area contributed by atoms with Crippen molar-refractivity contribution >= 4 is 21.3 Å². The highest BCUT2D eigenvalue weighted by Crippen LogP contribution is 2.31. The number of para-hydroxylation sites is 2. The van der Waals surface area contributed by atoms with Crippen LogP contribution in [0.15, 0.2) is 24.3 Å². The van der Waals surface area contributed by atoms with Crippen LogP contribution in [0.1, 0.15) is 25.1 Å². The lowest BCUT2D eigenvalue weighted by atomic mass is 10.1. The van der Waals surface area contributed by atoms with Crippen molar-refractivity contribution < 1.29 is 4.74 Å². The first-order valence-corrected chi connectivity index (χ1v) is 6.87. The van der Waals surface area contributed by atoms with Crippen molar-refractivity contribution in [1.82, 2.24) is 9.97 Å². The van der Waals surface area contributed by atoms with Gasteiger partial charge in [-0.05, 0) is 31.4 Å². The van der Waals surface area contributed by atoms with Gasteiger partial charge in [-0.1, -0.05) is 12.1 Å². The van der Waals surface area contributed by atoms with Crippen LogP contribution in [0.4, 0.5) is 0 Å². The van der Waals surface area contributed by atoms with Crippen LogP contribution < -0.4 is 0 Å². The molecule has 4 heteroatoms. The lowest BCUT2D eigenvalue weighted by Crippen LogP contribution is -2.35. The highest BCUT2D eigenvalue weighted by atomic mass is 28.1. The first kappa shape index (κ1) is 10.0. The minimum Gasteiger partial charge on any atom is -0.372 e. The van der Waals surface area contributed by atoms with Crippen molar-refractivity contribution in [3.8, 4) is 0 Å². The average molecular weight is 232 g/mol. The Morgan fingerprint density at radius 1 is 1.31 bits per heavy atom. The fraction of sp³-hybridized carbons (Fsp3) is 0.417. The van der Waals surface area contributed by atoms with Crippen LogP contribution >= 0.6 is 0 Å². The fourth-order valence-corrected chi connectivity index (χ4v) is 3.12. The Balaban J connectivity index is 2.04.